The maximum Gasteiger partial charge on any atom is 0.252 e. The van der Waals surface area contributed by atoms with Crippen LogP contribution in [0.4, 0.5) is 5.13 Å². The average molecular weight is 273 g/mol. The standard InChI is InChI=1S/C13H11N3O2S/c17-11(16-13-14-5-6-19-13)7-10-8-3-1-2-4-9(8)12(18)15-10/h1-6,10H,7H2,(H,15,18)(H,14,16,17). The van der Waals surface area contributed by atoms with Crippen LogP contribution in [0.3, 0.4) is 0 Å². The highest BCUT2D eigenvalue weighted by atomic mass is 32.1. The minimum atomic E-state index is -0.260. The second kappa shape index (κ2) is 4.81. The van der Waals surface area contributed by atoms with E-state index < -0.39 is 0 Å². The summed E-state index contributed by atoms with van der Waals surface area (Å²) in [7, 11) is 0. The van der Waals surface area contributed by atoms with Gasteiger partial charge in [0.1, 0.15) is 0 Å². The largest absolute Gasteiger partial charge is 0.345 e. The molecule has 1 atom stereocenters. The van der Waals surface area contributed by atoms with Crippen LogP contribution < -0.4 is 10.6 Å². The highest BCUT2D eigenvalue weighted by Gasteiger charge is 2.29. The lowest BCUT2D eigenvalue weighted by Crippen LogP contribution is -2.24. The molecule has 1 unspecified atom stereocenters. The molecule has 0 fully saturated rings. The van der Waals surface area contributed by atoms with Crippen molar-refractivity contribution in [1.29, 1.82) is 0 Å². The number of anilines is 1. The van der Waals surface area contributed by atoms with Gasteiger partial charge in [-0.3, -0.25) is 9.59 Å². The quantitative estimate of drug-likeness (QED) is 0.898. The fraction of sp³-hybridized carbons (Fsp3) is 0.154. The average Bonchev–Trinajstić information content (AvgIpc) is 3.00. The lowest BCUT2D eigenvalue weighted by Gasteiger charge is -2.10. The first-order chi connectivity index (χ1) is 9.24. The van der Waals surface area contributed by atoms with Gasteiger partial charge >= 0.3 is 0 Å². The smallest absolute Gasteiger partial charge is 0.252 e. The van der Waals surface area contributed by atoms with E-state index in [1.807, 2.05) is 18.2 Å². The molecule has 0 aliphatic carbocycles. The summed E-state index contributed by atoms with van der Waals surface area (Å²) < 4.78 is 0. The Balaban J connectivity index is 1.71. The molecule has 2 heterocycles. The molecule has 1 aromatic heterocycles. The number of thiazole rings is 1. The van der Waals surface area contributed by atoms with Gasteiger partial charge in [-0.05, 0) is 11.6 Å². The third-order valence-electron chi connectivity index (χ3n) is 2.95. The molecule has 0 bridgehead atoms. The Morgan fingerprint density at radius 3 is 3.05 bits per heavy atom. The van der Waals surface area contributed by atoms with Crippen LogP contribution in [-0.4, -0.2) is 16.8 Å². The fourth-order valence-electron chi connectivity index (χ4n) is 2.12. The summed E-state index contributed by atoms with van der Waals surface area (Å²) in [5, 5.41) is 7.89. The van der Waals surface area contributed by atoms with Crippen LogP contribution in [0, 0.1) is 0 Å². The van der Waals surface area contributed by atoms with Gasteiger partial charge in [0, 0.05) is 17.1 Å². The van der Waals surface area contributed by atoms with Crippen molar-refractivity contribution in [3.8, 4) is 0 Å². The molecule has 0 saturated heterocycles. The summed E-state index contributed by atoms with van der Waals surface area (Å²) in [4.78, 5) is 27.6. The zero-order valence-corrected chi connectivity index (χ0v) is 10.7. The van der Waals surface area contributed by atoms with Crippen molar-refractivity contribution in [3.05, 3.63) is 47.0 Å². The molecule has 1 aliphatic heterocycles. The Labute approximate surface area is 113 Å². The first-order valence-corrected chi connectivity index (χ1v) is 6.71. The predicted molar refractivity (Wildman–Crippen MR) is 72.0 cm³/mol. The molecule has 1 aromatic carbocycles. The van der Waals surface area contributed by atoms with Crippen LogP contribution in [-0.2, 0) is 4.79 Å². The van der Waals surface area contributed by atoms with E-state index in [0.717, 1.165) is 5.56 Å². The number of rotatable bonds is 3. The summed E-state index contributed by atoms with van der Waals surface area (Å²) in [5.41, 5.74) is 1.52. The second-order valence-electron chi connectivity index (χ2n) is 4.20. The van der Waals surface area contributed by atoms with Crippen molar-refractivity contribution in [3.63, 3.8) is 0 Å². The van der Waals surface area contributed by atoms with Gasteiger partial charge in [0.2, 0.25) is 5.91 Å². The Morgan fingerprint density at radius 1 is 1.42 bits per heavy atom. The Kier molecular flexibility index (Phi) is 3.00. The predicted octanol–water partition coefficient (Wildman–Crippen LogP) is 1.96. The molecular formula is C13H11N3O2S. The maximum atomic E-state index is 11.9. The summed E-state index contributed by atoms with van der Waals surface area (Å²) in [6, 6.07) is 7.06. The molecule has 96 valence electrons. The highest BCUT2D eigenvalue weighted by Crippen LogP contribution is 2.27. The third kappa shape index (κ3) is 2.34. The van der Waals surface area contributed by atoms with Crippen LogP contribution in [0.1, 0.15) is 28.4 Å². The normalized spacial score (nSPS) is 16.8. The molecule has 0 saturated carbocycles. The maximum absolute atomic E-state index is 11.9. The van der Waals surface area contributed by atoms with E-state index in [1.165, 1.54) is 11.3 Å². The lowest BCUT2D eigenvalue weighted by atomic mass is 10.0. The van der Waals surface area contributed by atoms with Gasteiger partial charge in [0.25, 0.3) is 5.91 Å². The Bertz CT molecular complexity index is 625. The number of hydrogen-bond donors (Lipinski definition) is 2. The lowest BCUT2D eigenvalue weighted by molar-refractivity contribution is -0.116. The fourth-order valence-corrected chi connectivity index (χ4v) is 2.67. The number of nitrogens with one attached hydrogen (secondary N) is 2. The SMILES string of the molecule is O=C(CC1NC(=O)c2ccccc21)Nc1nccs1. The Morgan fingerprint density at radius 2 is 2.26 bits per heavy atom. The molecule has 6 heteroatoms. The van der Waals surface area contributed by atoms with Gasteiger partial charge in [0.15, 0.2) is 5.13 Å². The molecule has 3 rings (SSSR count). The number of amides is 2. The van der Waals surface area contributed by atoms with E-state index in [1.54, 1.807) is 17.6 Å². The first kappa shape index (κ1) is 11.9. The molecule has 2 aromatic rings. The topological polar surface area (TPSA) is 71.1 Å². The van der Waals surface area contributed by atoms with Gasteiger partial charge in [-0.15, -0.1) is 11.3 Å². The zero-order chi connectivity index (χ0) is 13.2. The van der Waals surface area contributed by atoms with Gasteiger partial charge in [-0.1, -0.05) is 18.2 Å². The van der Waals surface area contributed by atoms with Crippen molar-refractivity contribution < 1.29 is 9.59 Å². The number of aromatic nitrogens is 1. The zero-order valence-electron chi connectivity index (χ0n) is 9.92. The molecule has 5 nitrogen and oxygen atoms in total. The van der Waals surface area contributed by atoms with Gasteiger partial charge in [-0.25, -0.2) is 4.98 Å². The van der Waals surface area contributed by atoms with E-state index in [0.29, 0.717) is 10.7 Å². The van der Waals surface area contributed by atoms with Crippen molar-refractivity contribution >= 4 is 28.3 Å². The second-order valence-corrected chi connectivity index (χ2v) is 5.10. The summed E-state index contributed by atoms with van der Waals surface area (Å²) >= 11 is 1.36. The van der Waals surface area contributed by atoms with Crippen molar-refractivity contribution in [2.45, 2.75) is 12.5 Å². The van der Waals surface area contributed by atoms with Crippen molar-refractivity contribution in [2.75, 3.05) is 5.32 Å². The highest BCUT2D eigenvalue weighted by molar-refractivity contribution is 7.13. The van der Waals surface area contributed by atoms with E-state index in [2.05, 4.69) is 15.6 Å². The number of carbonyl (C=O) groups excluding carboxylic acids is 2. The minimum Gasteiger partial charge on any atom is -0.345 e. The van der Waals surface area contributed by atoms with E-state index >= 15 is 0 Å². The number of benzene rings is 1. The molecule has 2 N–H and O–H groups in total. The summed E-state index contributed by atoms with van der Waals surface area (Å²) in [6.07, 6.45) is 1.84. The molecule has 19 heavy (non-hydrogen) atoms. The first-order valence-electron chi connectivity index (χ1n) is 5.83. The van der Waals surface area contributed by atoms with Gasteiger partial charge < -0.3 is 10.6 Å². The van der Waals surface area contributed by atoms with Crippen LogP contribution in [0.2, 0.25) is 0 Å². The minimum absolute atomic E-state index is 0.123. The number of carbonyl (C=O) groups is 2. The molecule has 1 aliphatic rings. The Hall–Kier alpha value is -2.21. The van der Waals surface area contributed by atoms with Crippen LogP contribution in [0.25, 0.3) is 0 Å². The number of hydrogen-bond acceptors (Lipinski definition) is 4. The molecule has 0 radical (unpaired) electrons. The van der Waals surface area contributed by atoms with E-state index in [4.69, 9.17) is 0 Å². The number of fused-ring (bicyclic) bond motifs is 1. The van der Waals surface area contributed by atoms with Crippen molar-refractivity contribution in [1.82, 2.24) is 10.3 Å². The van der Waals surface area contributed by atoms with Gasteiger partial charge in [0.05, 0.1) is 12.5 Å². The van der Waals surface area contributed by atoms with Gasteiger partial charge in [-0.2, -0.15) is 0 Å². The molecule has 2 amide bonds. The van der Waals surface area contributed by atoms with Crippen LogP contribution in [0.5, 0.6) is 0 Å². The van der Waals surface area contributed by atoms with E-state index in [-0.39, 0.29) is 24.3 Å². The van der Waals surface area contributed by atoms with Crippen LogP contribution >= 0.6 is 11.3 Å². The third-order valence-corrected chi connectivity index (χ3v) is 3.64. The molecule has 0 spiro atoms. The van der Waals surface area contributed by atoms with E-state index in [9.17, 15) is 9.59 Å². The summed E-state index contributed by atoms with van der Waals surface area (Å²) in [5.74, 6) is -0.278. The molecular weight excluding hydrogens is 262 g/mol. The summed E-state index contributed by atoms with van der Waals surface area (Å²) in [6.45, 7) is 0. The monoisotopic (exact) mass is 273 g/mol. The number of nitrogens with zero attached hydrogens (tertiary/aromatic N) is 1. The van der Waals surface area contributed by atoms with Crippen molar-refractivity contribution in [2.24, 2.45) is 0 Å². The van der Waals surface area contributed by atoms with Crippen LogP contribution in [0.15, 0.2) is 35.8 Å².